The molecule has 2 amide bonds. The zero-order valence-corrected chi connectivity index (χ0v) is 12.2. The lowest BCUT2D eigenvalue weighted by molar-refractivity contribution is 0.229. The second kappa shape index (κ2) is 6.49. The third-order valence-corrected chi connectivity index (χ3v) is 3.48. The fourth-order valence-electron chi connectivity index (χ4n) is 1.66. The van der Waals surface area contributed by atoms with Crippen LogP contribution in [0.1, 0.15) is 11.9 Å². The summed E-state index contributed by atoms with van der Waals surface area (Å²) in [5.74, 6) is 0. The smallest absolute Gasteiger partial charge is 0.319 e. The second-order valence-electron chi connectivity index (χ2n) is 4.51. The summed E-state index contributed by atoms with van der Waals surface area (Å²) in [6.45, 7) is 3.61. The number of benzene rings is 1. The minimum absolute atomic E-state index is 0.0878. The third kappa shape index (κ3) is 3.79. The van der Waals surface area contributed by atoms with Gasteiger partial charge in [0.25, 0.3) is 0 Å². The van der Waals surface area contributed by atoms with Gasteiger partial charge in [-0.3, -0.25) is 0 Å². The second-order valence-corrected chi connectivity index (χ2v) is 5.57. The number of aromatic nitrogens is 1. The minimum Gasteiger partial charge on any atom is -0.394 e. The van der Waals surface area contributed by atoms with Crippen molar-refractivity contribution in [3.05, 3.63) is 34.7 Å². The number of amides is 2. The van der Waals surface area contributed by atoms with Crippen LogP contribution in [-0.2, 0) is 0 Å². The first-order valence-corrected chi connectivity index (χ1v) is 7.17. The Morgan fingerprint density at radius 1 is 1.40 bits per heavy atom. The summed E-state index contributed by atoms with van der Waals surface area (Å²) in [6.07, 6.45) is 0. The van der Waals surface area contributed by atoms with Crippen LogP contribution in [-0.4, -0.2) is 28.8 Å². The Bertz CT molecular complexity index is 580. The summed E-state index contributed by atoms with van der Waals surface area (Å²) in [6, 6.07) is 6.88. The number of rotatable bonds is 4. The maximum atomic E-state index is 11.6. The molecule has 0 aliphatic rings. The molecule has 0 bridgehead atoms. The van der Waals surface area contributed by atoms with Crippen LogP contribution in [0, 0.1) is 6.92 Å². The summed E-state index contributed by atoms with van der Waals surface area (Å²) in [4.78, 5) is 16.0. The molecule has 1 unspecified atom stereocenters. The number of nitrogens with one attached hydrogen (secondary N) is 2. The van der Waals surface area contributed by atoms with E-state index in [-0.39, 0.29) is 18.7 Å². The van der Waals surface area contributed by atoms with Crippen LogP contribution >= 0.6 is 11.3 Å². The van der Waals surface area contributed by atoms with Gasteiger partial charge >= 0.3 is 6.03 Å². The van der Waals surface area contributed by atoms with Crippen LogP contribution in [0.25, 0.3) is 11.3 Å². The molecule has 1 aromatic carbocycles. The normalized spacial score (nSPS) is 11.9. The van der Waals surface area contributed by atoms with Crippen molar-refractivity contribution in [3.8, 4) is 11.3 Å². The third-order valence-electron chi connectivity index (χ3n) is 2.71. The number of urea groups is 1. The van der Waals surface area contributed by atoms with Gasteiger partial charge in [0, 0.05) is 16.6 Å². The number of aryl methyl sites for hydroxylation is 1. The zero-order chi connectivity index (χ0) is 14.5. The molecule has 3 N–H and O–H groups in total. The van der Waals surface area contributed by atoms with Gasteiger partial charge in [-0.05, 0) is 26.0 Å². The molecule has 0 fully saturated rings. The van der Waals surface area contributed by atoms with Gasteiger partial charge in [0.15, 0.2) is 0 Å². The Morgan fingerprint density at radius 2 is 2.10 bits per heavy atom. The average Bonchev–Trinajstić information content (AvgIpc) is 2.86. The van der Waals surface area contributed by atoms with Gasteiger partial charge in [-0.25, -0.2) is 9.78 Å². The van der Waals surface area contributed by atoms with Crippen molar-refractivity contribution in [2.24, 2.45) is 0 Å². The number of anilines is 1. The predicted molar refractivity (Wildman–Crippen MR) is 81.0 cm³/mol. The minimum atomic E-state index is -0.330. The number of thiazole rings is 1. The van der Waals surface area contributed by atoms with Gasteiger partial charge in [0.05, 0.1) is 23.4 Å². The summed E-state index contributed by atoms with van der Waals surface area (Å²) in [7, 11) is 0. The van der Waals surface area contributed by atoms with Crippen molar-refractivity contribution in [2.45, 2.75) is 19.9 Å². The molecule has 1 atom stereocenters. The van der Waals surface area contributed by atoms with E-state index in [1.807, 2.05) is 36.6 Å². The van der Waals surface area contributed by atoms with Crippen LogP contribution < -0.4 is 10.6 Å². The van der Waals surface area contributed by atoms with E-state index in [2.05, 4.69) is 15.6 Å². The highest BCUT2D eigenvalue weighted by Gasteiger charge is 2.07. The van der Waals surface area contributed by atoms with Crippen LogP contribution in [0.3, 0.4) is 0 Å². The first-order valence-electron chi connectivity index (χ1n) is 6.29. The number of aliphatic hydroxyl groups excluding tert-OH is 1. The monoisotopic (exact) mass is 291 g/mol. The molecule has 1 heterocycles. The van der Waals surface area contributed by atoms with E-state index in [1.54, 1.807) is 18.3 Å². The van der Waals surface area contributed by atoms with E-state index in [4.69, 9.17) is 5.11 Å². The summed E-state index contributed by atoms with van der Waals surface area (Å²) >= 11 is 1.61. The van der Waals surface area contributed by atoms with Crippen molar-refractivity contribution >= 4 is 23.1 Å². The fourth-order valence-corrected chi connectivity index (χ4v) is 2.28. The maximum absolute atomic E-state index is 11.6. The van der Waals surface area contributed by atoms with Gasteiger partial charge in [-0.1, -0.05) is 12.1 Å². The van der Waals surface area contributed by atoms with Gasteiger partial charge in [-0.2, -0.15) is 0 Å². The first kappa shape index (κ1) is 14.5. The summed E-state index contributed by atoms with van der Waals surface area (Å²) in [5.41, 5.74) is 2.66. The molecule has 6 heteroatoms. The molecular weight excluding hydrogens is 274 g/mol. The standard InChI is InChI=1S/C14H17N3O2S/c1-9(7-18)15-14(19)17-12-5-3-11(4-6-12)13-8-20-10(2)16-13/h3-6,8-9,18H,7H2,1-2H3,(H2,15,17,19). The Labute approximate surface area is 121 Å². The first-order chi connectivity index (χ1) is 9.58. The van der Waals surface area contributed by atoms with E-state index in [9.17, 15) is 4.79 Å². The molecule has 0 radical (unpaired) electrons. The SMILES string of the molecule is Cc1nc(-c2ccc(NC(=O)NC(C)CO)cc2)cs1. The highest BCUT2D eigenvalue weighted by molar-refractivity contribution is 7.09. The van der Waals surface area contributed by atoms with Crippen LogP contribution in [0.15, 0.2) is 29.6 Å². The Kier molecular flexibility index (Phi) is 4.70. The molecule has 0 saturated heterocycles. The zero-order valence-electron chi connectivity index (χ0n) is 11.4. The summed E-state index contributed by atoms with van der Waals surface area (Å²) < 4.78 is 0. The Hall–Kier alpha value is -1.92. The van der Waals surface area contributed by atoms with Crippen molar-refractivity contribution in [1.29, 1.82) is 0 Å². The largest absolute Gasteiger partial charge is 0.394 e. The lowest BCUT2D eigenvalue weighted by atomic mass is 10.1. The number of hydrogen-bond donors (Lipinski definition) is 3. The van der Waals surface area contributed by atoms with Gasteiger partial charge in [-0.15, -0.1) is 11.3 Å². The molecule has 2 rings (SSSR count). The van der Waals surface area contributed by atoms with Crippen LogP contribution in [0.5, 0.6) is 0 Å². The lowest BCUT2D eigenvalue weighted by Crippen LogP contribution is -2.38. The Balaban J connectivity index is 2.00. The van der Waals surface area contributed by atoms with Gasteiger partial charge in [0.1, 0.15) is 0 Å². The molecular formula is C14H17N3O2S. The maximum Gasteiger partial charge on any atom is 0.319 e. The molecule has 0 spiro atoms. The molecule has 0 saturated carbocycles. The number of hydrogen-bond acceptors (Lipinski definition) is 4. The highest BCUT2D eigenvalue weighted by Crippen LogP contribution is 2.22. The lowest BCUT2D eigenvalue weighted by Gasteiger charge is -2.12. The van der Waals surface area contributed by atoms with Crippen LogP contribution in [0.4, 0.5) is 10.5 Å². The topological polar surface area (TPSA) is 74.2 Å². The van der Waals surface area contributed by atoms with Crippen molar-refractivity contribution in [3.63, 3.8) is 0 Å². The predicted octanol–water partition coefficient (Wildman–Crippen LogP) is 2.62. The summed E-state index contributed by atoms with van der Waals surface area (Å²) in [5, 5.41) is 17.2. The van der Waals surface area contributed by atoms with Crippen molar-refractivity contribution in [1.82, 2.24) is 10.3 Å². The van der Waals surface area contributed by atoms with Crippen molar-refractivity contribution < 1.29 is 9.90 Å². The highest BCUT2D eigenvalue weighted by atomic mass is 32.1. The molecule has 20 heavy (non-hydrogen) atoms. The molecule has 106 valence electrons. The van der Waals surface area contributed by atoms with E-state index in [1.165, 1.54) is 0 Å². The van der Waals surface area contributed by atoms with E-state index in [0.29, 0.717) is 5.69 Å². The van der Waals surface area contributed by atoms with E-state index < -0.39 is 0 Å². The Morgan fingerprint density at radius 3 is 2.65 bits per heavy atom. The molecule has 0 aliphatic heterocycles. The van der Waals surface area contributed by atoms with Gasteiger partial charge < -0.3 is 15.7 Å². The van der Waals surface area contributed by atoms with E-state index >= 15 is 0 Å². The molecule has 0 aliphatic carbocycles. The number of nitrogens with zero attached hydrogens (tertiary/aromatic N) is 1. The quantitative estimate of drug-likeness (QED) is 0.810. The van der Waals surface area contributed by atoms with Crippen molar-refractivity contribution in [2.75, 3.05) is 11.9 Å². The molecule has 2 aromatic rings. The average molecular weight is 291 g/mol. The fraction of sp³-hybridized carbons (Fsp3) is 0.286. The number of aliphatic hydroxyl groups is 1. The number of carbonyl (C=O) groups excluding carboxylic acids is 1. The van der Waals surface area contributed by atoms with Crippen LogP contribution in [0.2, 0.25) is 0 Å². The molecule has 1 aromatic heterocycles. The van der Waals surface area contributed by atoms with Gasteiger partial charge in [0.2, 0.25) is 0 Å². The molecule has 5 nitrogen and oxygen atoms in total. The van der Waals surface area contributed by atoms with E-state index in [0.717, 1.165) is 16.3 Å². The number of carbonyl (C=O) groups is 1.